The van der Waals surface area contributed by atoms with E-state index in [1.807, 2.05) is 11.8 Å². The summed E-state index contributed by atoms with van der Waals surface area (Å²) >= 11 is 1.78. The van der Waals surface area contributed by atoms with Gasteiger partial charge in [0, 0.05) is 24.5 Å². The SMILES string of the molecule is CC(C(=O)N1CCc2sccc2C1)N1CCC(C(N)=O)C1. The van der Waals surface area contributed by atoms with Crippen LogP contribution < -0.4 is 5.73 Å². The number of primary amides is 1. The second-order valence-corrected chi connectivity index (χ2v) is 6.94. The standard InChI is InChI=1S/C15H21N3O2S/c1-10(17-5-2-12(9-17)14(16)19)15(20)18-6-3-13-11(8-18)4-7-21-13/h4,7,10,12H,2-3,5-6,8-9H2,1H3,(H2,16,19). The van der Waals surface area contributed by atoms with Gasteiger partial charge in [-0.1, -0.05) is 0 Å². The lowest BCUT2D eigenvalue weighted by Gasteiger charge is -2.32. The van der Waals surface area contributed by atoms with Crippen LogP contribution in [0.3, 0.4) is 0 Å². The van der Waals surface area contributed by atoms with Gasteiger partial charge >= 0.3 is 0 Å². The highest BCUT2D eigenvalue weighted by Crippen LogP contribution is 2.26. The van der Waals surface area contributed by atoms with Gasteiger partial charge in [0.2, 0.25) is 11.8 Å². The van der Waals surface area contributed by atoms with Crippen LogP contribution in [0.4, 0.5) is 0 Å². The second kappa shape index (κ2) is 5.77. The number of carbonyl (C=O) groups is 2. The summed E-state index contributed by atoms with van der Waals surface area (Å²) in [7, 11) is 0. The predicted octanol–water partition coefficient (Wildman–Crippen LogP) is 0.828. The number of likely N-dealkylation sites (tertiary alicyclic amines) is 1. The van der Waals surface area contributed by atoms with E-state index < -0.39 is 0 Å². The third-order valence-corrected chi connectivity index (χ3v) is 5.67. The normalized spacial score (nSPS) is 23.9. The molecule has 21 heavy (non-hydrogen) atoms. The molecule has 0 saturated carbocycles. The van der Waals surface area contributed by atoms with Crippen LogP contribution >= 0.6 is 11.3 Å². The molecule has 6 heteroatoms. The first-order chi connectivity index (χ1) is 10.1. The molecule has 0 bridgehead atoms. The molecule has 114 valence electrons. The number of hydrogen-bond donors (Lipinski definition) is 1. The Balaban J connectivity index is 1.62. The van der Waals surface area contributed by atoms with E-state index in [4.69, 9.17) is 5.73 Å². The summed E-state index contributed by atoms with van der Waals surface area (Å²) in [6, 6.07) is 1.94. The van der Waals surface area contributed by atoms with Crippen molar-refractivity contribution >= 4 is 23.2 Å². The van der Waals surface area contributed by atoms with Crippen LogP contribution in [0.25, 0.3) is 0 Å². The van der Waals surface area contributed by atoms with E-state index in [0.29, 0.717) is 6.54 Å². The van der Waals surface area contributed by atoms with Crippen LogP contribution in [0.5, 0.6) is 0 Å². The molecule has 5 nitrogen and oxygen atoms in total. The summed E-state index contributed by atoms with van der Waals surface area (Å²) in [5, 5.41) is 2.10. The molecule has 1 aromatic heterocycles. The topological polar surface area (TPSA) is 66.6 Å². The van der Waals surface area contributed by atoms with E-state index in [1.165, 1.54) is 10.4 Å². The zero-order valence-electron chi connectivity index (χ0n) is 12.2. The molecule has 2 unspecified atom stereocenters. The van der Waals surface area contributed by atoms with Crippen molar-refractivity contribution < 1.29 is 9.59 Å². The van der Waals surface area contributed by atoms with Gasteiger partial charge in [-0.3, -0.25) is 14.5 Å². The van der Waals surface area contributed by atoms with Gasteiger partial charge in [-0.15, -0.1) is 11.3 Å². The molecule has 2 aliphatic rings. The Kier molecular flexibility index (Phi) is 3.99. The maximum atomic E-state index is 12.7. The van der Waals surface area contributed by atoms with Crippen molar-refractivity contribution in [3.8, 4) is 0 Å². The quantitative estimate of drug-likeness (QED) is 0.899. The maximum Gasteiger partial charge on any atom is 0.239 e. The van der Waals surface area contributed by atoms with Crippen molar-refractivity contribution in [3.63, 3.8) is 0 Å². The number of rotatable bonds is 3. The fraction of sp³-hybridized carbons (Fsp3) is 0.600. The molecule has 2 N–H and O–H groups in total. The Morgan fingerprint density at radius 1 is 1.43 bits per heavy atom. The summed E-state index contributed by atoms with van der Waals surface area (Å²) in [5.74, 6) is -0.194. The molecule has 2 amide bonds. The summed E-state index contributed by atoms with van der Waals surface area (Å²) in [6.45, 7) is 4.84. The fourth-order valence-corrected chi connectivity index (χ4v) is 4.12. The Bertz CT molecular complexity index is 557. The van der Waals surface area contributed by atoms with Crippen molar-refractivity contribution in [3.05, 3.63) is 21.9 Å². The van der Waals surface area contributed by atoms with Gasteiger partial charge in [0.25, 0.3) is 0 Å². The minimum atomic E-state index is -0.252. The molecule has 0 spiro atoms. The molecule has 1 fully saturated rings. The lowest BCUT2D eigenvalue weighted by Crippen LogP contribution is -2.48. The molecule has 3 heterocycles. The lowest BCUT2D eigenvalue weighted by molar-refractivity contribution is -0.137. The predicted molar refractivity (Wildman–Crippen MR) is 81.8 cm³/mol. The van der Waals surface area contributed by atoms with Crippen LogP contribution in [0.2, 0.25) is 0 Å². The van der Waals surface area contributed by atoms with Gasteiger partial charge in [0.05, 0.1) is 12.0 Å². The molecular weight excluding hydrogens is 286 g/mol. The maximum absolute atomic E-state index is 12.7. The Morgan fingerprint density at radius 2 is 2.24 bits per heavy atom. The van der Waals surface area contributed by atoms with E-state index in [0.717, 1.165) is 32.5 Å². The number of nitrogens with zero attached hydrogens (tertiary/aromatic N) is 2. The van der Waals surface area contributed by atoms with Gasteiger partial charge in [0.15, 0.2) is 0 Å². The number of thiophene rings is 1. The Morgan fingerprint density at radius 3 is 2.95 bits per heavy atom. The van der Waals surface area contributed by atoms with Gasteiger partial charge in [-0.25, -0.2) is 0 Å². The number of nitrogens with two attached hydrogens (primary N) is 1. The Hall–Kier alpha value is -1.40. The van der Waals surface area contributed by atoms with Crippen LogP contribution in [-0.4, -0.2) is 47.3 Å². The monoisotopic (exact) mass is 307 g/mol. The van der Waals surface area contributed by atoms with Gasteiger partial charge in [-0.2, -0.15) is 0 Å². The summed E-state index contributed by atoms with van der Waals surface area (Å²) in [6.07, 6.45) is 1.72. The van der Waals surface area contributed by atoms with E-state index in [9.17, 15) is 9.59 Å². The Labute approximate surface area is 128 Å². The summed E-state index contributed by atoms with van der Waals surface area (Å²) in [4.78, 5) is 29.3. The first-order valence-electron chi connectivity index (χ1n) is 7.43. The fourth-order valence-electron chi connectivity index (χ4n) is 3.23. The molecule has 3 rings (SSSR count). The molecule has 0 aliphatic carbocycles. The number of carbonyl (C=O) groups excluding carboxylic acids is 2. The van der Waals surface area contributed by atoms with Crippen molar-refractivity contribution in [2.75, 3.05) is 19.6 Å². The molecule has 2 atom stereocenters. The molecule has 1 saturated heterocycles. The minimum Gasteiger partial charge on any atom is -0.369 e. The largest absolute Gasteiger partial charge is 0.369 e. The molecular formula is C15H21N3O2S. The average Bonchev–Trinajstić information content (AvgIpc) is 3.13. The summed E-state index contributed by atoms with van der Waals surface area (Å²) < 4.78 is 0. The number of fused-ring (bicyclic) bond motifs is 1. The van der Waals surface area contributed by atoms with E-state index >= 15 is 0 Å². The highest BCUT2D eigenvalue weighted by Gasteiger charge is 2.34. The van der Waals surface area contributed by atoms with E-state index in [1.54, 1.807) is 11.3 Å². The molecule has 0 aromatic carbocycles. The second-order valence-electron chi connectivity index (χ2n) is 5.94. The molecule has 0 radical (unpaired) electrons. The lowest BCUT2D eigenvalue weighted by atomic mass is 10.1. The smallest absolute Gasteiger partial charge is 0.239 e. The van der Waals surface area contributed by atoms with Gasteiger partial charge in [-0.05, 0) is 43.3 Å². The van der Waals surface area contributed by atoms with Crippen molar-refractivity contribution in [1.82, 2.24) is 9.80 Å². The van der Waals surface area contributed by atoms with Crippen LogP contribution in [0.15, 0.2) is 11.4 Å². The van der Waals surface area contributed by atoms with Gasteiger partial charge < -0.3 is 10.6 Å². The zero-order chi connectivity index (χ0) is 15.0. The van der Waals surface area contributed by atoms with Crippen LogP contribution in [-0.2, 0) is 22.6 Å². The average molecular weight is 307 g/mol. The third-order valence-electron chi connectivity index (χ3n) is 4.65. The van der Waals surface area contributed by atoms with Crippen LogP contribution in [0.1, 0.15) is 23.8 Å². The highest BCUT2D eigenvalue weighted by molar-refractivity contribution is 7.10. The molecule has 2 aliphatic heterocycles. The third kappa shape index (κ3) is 2.82. The summed E-state index contributed by atoms with van der Waals surface area (Å²) in [5.41, 5.74) is 6.64. The highest BCUT2D eigenvalue weighted by atomic mass is 32.1. The minimum absolute atomic E-state index is 0.106. The van der Waals surface area contributed by atoms with Crippen LogP contribution in [0, 0.1) is 5.92 Å². The number of amides is 2. The van der Waals surface area contributed by atoms with E-state index in [2.05, 4.69) is 16.3 Å². The number of hydrogen-bond acceptors (Lipinski definition) is 4. The first-order valence-corrected chi connectivity index (χ1v) is 8.31. The van der Waals surface area contributed by atoms with Crippen molar-refractivity contribution in [2.24, 2.45) is 11.7 Å². The van der Waals surface area contributed by atoms with Gasteiger partial charge in [0.1, 0.15) is 0 Å². The first kappa shape index (κ1) is 14.5. The zero-order valence-corrected chi connectivity index (χ0v) is 13.1. The van der Waals surface area contributed by atoms with E-state index in [-0.39, 0.29) is 23.8 Å². The van der Waals surface area contributed by atoms with Crippen molar-refractivity contribution in [2.45, 2.75) is 32.4 Å². The van der Waals surface area contributed by atoms with Crippen molar-refractivity contribution in [1.29, 1.82) is 0 Å². The molecule has 1 aromatic rings.